The lowest BCUT2D eigenvalue weighted by molar-refractivity contribution is -0.142. The molecule has 0 aliphatic carbocycles. The van der Waals surface area contributed by atoms with Gasteiger partial charge in [0.2, 0.25) is 0 Å². The lowest BCUT2D eigenvalue weighted by atomic mass is 10.1. The third-order valence-corrected chi connectivity index (χ3v) is 5.02. The van der Waals surface area contributed by atoms with E-state index < -0.39 is 23.7 Å². The largest absolute Gasteiger partial charge is 0.505 e. The number of rotatable bonds is 7. The number of hydrogen-bond donors (Lipinski definition) is 4. The SMILES string of the molecule is C=C(CC)NC.COC(=O)[C@H](Cc1ccccc1)NC(=O)c1cc(Cl)c(N)c(Cl)c1O.Cl.Cl.[HH]. The van der Waals surface area contributed by atoms with E-state index in [0.717, 1.165) is 17.7 Å². The van der Waals surface area contributed by atoms with Crippen molar-refractivity contribution >= 4 is 65.6 Å². The van der Waals surface area contributed by atoms with Crippen molar-refractivity contribution in [2.75, 3.05) is 19.9 Å². The van der Waals surface area contributed by atoms with E-state index in [2.05, 4.69) is 24.1 Å². The van der Waals surface area contributed by atoms with Crippen LogP contribution >= 0.6 is 48.0 Å². The Morgan fingerprint density at radius 2 is 1.82 bits per heavy atom. The van der Waals surface area contributed by atoms with Gasteiger partial charge in [0.05, 0.1) is 23.4 Å². The quantitative estimate of drug-likeness (QED) is 0.289. The van der Waals surface area contributed by atoms with Gasteiger partial charge in [0.1, 0.15) is 16.8 Å². The van der Waals surface area contributed by atoms with Crippen molar-refractivity contribution < 1.29 is 20.9 Å². The first kappa shape index (κ1) is 32.9. The number of halogens is 4. The molecule has 0 aliphatic rings. The first-order chi connectivity index (χ1) is 14.7. The summed E-state index contributed by atoms with van der Waals surface area (Å²) < 4.78 is 4.73. The van der Waals surface area contributed by atoms with Crippen molar-refractivity contribution in [3.05, 3.63) is 69.8 Å². The van der Waals surface area contributed by atoms with Crippen LogP contribution in [-0.4, -0.2) is 37.2 Å². The van der Waals surface area contributed by atoms with Gasteiger partial charge in [-0.05, 0) is 18.1 Å². The van der Waals surface area contributed by atoms with Crippen molar-refractivity contribution in [3.63, 3.8) is 0 Å². The highest BCUT2D eigenvalue weighted by atomic mass is 35.5. The van der Waals surface area contributed by atoms with Crippen LogP contribution in [0.25, 0.3) is 0 Å². The van der Waals surface area contributed by atoms with Crippen LogP contribution in [-0.2, 0) is 16.0 Å². The van der Waals surface area contributed by atoms with Gasteiger partial charge in [-0.1, -0.05) is 67.0 Å². The second-order valence-corrected chi connectivity index (χ2v) is 7.21. The van der Waals surface area contributed by atoms with Crippen LogP contribution in [0.15, 0.2) is 48.7 Å². The molecule has 7 nitrogen and oxygen atoms in total. The molecule has 0 bridgehead atoms. The van der Waals surface area contributed by atoms with Crippen LogP contribution in [0.4, 0.5) is 5.69 Å². The van der Waals surface area contributed by atoms with Crippen molar-refractivity contribution in [3.8, 4) is 5.75 Å². The Morgan fingerprint density at radius 1 is 1.24 bits per heavy atom. The van der Waals surface area contributed by atoms with Crippen LogP contribution in [0.2, 0.25) is 10.0 Å². The van der Waals surface area contributed by atoms with Gasteiger partial charge in [0.25, 0.3) is 5.91 Å². The molecule has 0 fully saturated rings. The highest BCUT2D eigenvalue weighted by molar-refractivity contribution is 6.40. The Balaban J connectivity index is -0.000000951. The van der Waals surface area contributed by atoms with Gasteiger partial charge in [-0.3, -0.25) is 4.79 Å². The van der Waals surface area contributed by atoms with E-state index in [1.165, 1.54) is 13.2 Å². The molecule has 0 saturated carbocycles. The number of methoxy groups -OCH3 is 1. The maximum Gasteiger partial charge on any atom is 0.328 e. The maximum absolute atomic E-state index is 12.5. The number of benzene rings is 2. The zero-order valence-electron chi connectivity index (χ0n) is 18.5. The number of aromatic hydroxyl groups is 1. The highest BCUT2D eigenvalue weighted by Crippen LogP contribution is 2.38. The molecular weight excluding hydrogens is 512 g/mol. The number of nitrogens with one attached hydrogen (secondary N) is 2. The zero-order valence-corrected chi connectivity index (χ0v) is 21.6. The fourth-order valence-corrected chi connectivity index (χ4v) is 2.85. The second kappa shape index (κ2) is 16.3. The predicted molar refractivity (Wildman–Crippen MR) is 141 cm³/mol. The van der Waals surface area contributed by atoms with Crippen molar-refractivity contribution in [2.45, 2.75) is 25.8 Å². The standard InChI is InChI=1S/C17H16Cl2N2O4.C5H11N.2ClH.H2/c1-25-17(24)12(7-9-5-3-2-4-6-9)21-16(23)10-8-11(18)14(20)13(19)15(10)22;1-4-5(2)6-3;;;/h2-6,8,12,22H,7,20H2,1H3,(H,21,23);6H,2,4H2,1,3H3;3*1H/t12-;;;;/m0..../s1. The number of hydrogen-bond acceptors (Lipinski definition) is 6. The fourth-order valence-electron chi connectivity index (χ4n) is 2.39. The smallest absolute Gasteiger partial charge is 0.328 e. The Labute approximate surface area is 218 Å². The summed E-state index contributed by atoms with van der Waals surface area (Å²) in [6.07, 6.45) is 1.24. The molecule has 186 valence electrons. The summed E-state index contributed by atoms with van der Waals surface area (Å²) in [7, 11) is 3.10. The first-order valence-corrected chi connectivity index (χ1v) is 10.2. The summed E-state index contributed by atoms with van der Waals surface area (Å²) in [5, 5.41) is 15.3. The minimum atomic E-state index is -0.950. The highest BCUT2D eigenvalue weighted by Gasteiger charge is 2.25. The molecule has 2 aromatic carbocycles. The Morgan fingerprint density at radius 3 is 2.27 bits per heavy atom. The average molecular weight is 543 g/mol. The Kier molecular flexibility index (Phi) is 16.2. The molecule has 0 spiro atoms. The zero-order chi connectivity index (χ0) is 23.6. The minimum absolute atomic E-state index is 0. The van der Waals surface area contributed by atoms with Crippen molar-refractivity contribution in [1.82, 2.24) is 10.6 Å². The van der Waals surface area contributed by atoms with Gasteiger partial charge in [-0.25, -0.2) is 4.79 Å². The Hall–Kier alpha value is -2.32. The van der Waals surface area contributed by atoms with Crippen LogP contribution in [0.1, 0.15) is 30.7 Å². The molecular formula is C22H31Cl4N3O4. The number of ether oxygens (including phenoxy) is 1. The average Bonchev–Trinajstić information content (AvgIpc) is 2.79. The molecule has 0 aliphatic heterocycles. The van der Waals surface area contributed by atoms with E-state index in [-0.39, 0.29) is 54.0 Å². The van der Waals surface area contributed by atoms with Crippen LogP contribution in [0.5, 0.6) is 5.75 Å². The summed E-state index contributed by atoms with van der Waals surface area (Å²) in [6.45, 7) is 5.75. The number of carbonyl (C=O) groups is 2. The summed E-state index contributed by atoms with van der Waals surface area (Å²) in [5.41, 5.74) is 7.29. The normalized spacial score (nSPS) is 10.2. The number of nitrogen functional groups attached to an aromatic ring is 1. The number of phenolic OH excluding ortho intramolecular Hbond substituents is 1. The van der Waals surface area contributed by atoms with Crippen LogP contribution in [0, 0.1) is 0 Å². The lowest BCUT2D eigenvalue weighted by Gasteiger charge is -2.18. The molecule has 0 heterocycles. The van der Waals surface area contributed by atoms with Crippen LogP contribution in [0.3, 0.4) is 0 Å². The molecule has 2 aromatic rings. The van der Waals surface area contributed by atoms with Crippen molar-refractivity contribution in [1.29, 1.82) is 0 Å². The molecule has 5 N–H and O–H groups in total. The molecule has 0 saturated heterocycles. The summed E-state index contributed by atoms with van der Waals surface area (Å²) in [4.78, 5) is 24.4. The van der Waals surface area contributed by atoms with E-state index in [1.54, 1.807) is 0 Å². The van der Waals surface area contributed by atoms with Gasteiger partial charge >= 0.3 is 5.97 Å². The number of esters is 1. The molecule has 0 radical (unpaired) electrons. The molecule has 1 amide bonds. The molecule has 11 heteroatoms. The monoisotopic (exact) mass is 541 g/mol. The predicted octanol–water partition coefficient (Wildman–Crippen LogP) is 5.01. The van der Waals surface area contributed by atoms with Gasteiger partial charge in [-0.2, -0.15) is 0 Å². The topological polar surface area (TPSA) is 114 Å². The Bertz CT molecular complexity index is 928. The van der Waals surface area contributed by atoms with Crippen LogP contribution < -0.4 is 16.4 Å². The van der Waals surface area contributed by atoms with E-state index in [1.807, 2.05) is 37.4 Å². The van der Waals surface area contributed by atoms with Crippen molar-refractivity contribution in [2.24, 2.45) is 0 Å². The number of carbonyl (C=O) groups excluding carboxylic acids is 2. The summed E-state index contributed by atoms with van der Waals surface area (Å²) >= 11 is 11.8. The second-order valence-electron chi connectivity index (χ2n) is 6.43. The van der Waals surface area contributed by atoms with Gasteiger partial charge in [0.15, 0.2) is 0 Å². The van der Waals surface area contributed by atoms with Gasteiger partial charge in [-0.15, -0.1) is 24.8 Å². The number of amides is 1. The number of nitrogens with two attached hydrogens (primary N) is 1. The first-order valence-electron chi connectivity index (χ1n) is 9.40. The number of anilines is 1. The third-order valence-electron chi connectivity index (χ3n) is 4.33. The maximum atomic E-state index is 12.5. The molecule has 0 aromatic heterocycles. The summed E-state index contributed by atoms with van der Waals surface area (Å²) in [6, 6.07) is 9.34. The summed E-state index contributed by atoms with van der Waals surface area (Å²) in [5.74, 6) is -1.86. The number of phenols is 1. The molecule has 2 rings (SSSR count). The molecule has 0 unspecified atom stereocenters. The van der Waals surface area contributed by atoms with E-state index >= 15 is 0 Å². The molecule has 1 atom stereocenters. The van der Waals surface area contributed by atoms with E-state index in [0.29, 0.717) is 0 Å². The van der Waals surface area contributed by atoms with E-state index in [9.17, 15) is 14.7 Å². The van der Waals surface area contributed by atoms with Gasteiger partial charge in [0, 0.05) is 20.6 Å². The third kappa shape index (κ3) is 10.0. The fraction of sp³-hybridized carbons (Fsp3) is 0.273. The number of allylic oxidation sites excluding steroid dienone is 1. The lowest BCUT2D eigenvalue weighted by Crippen LogP contribution is -2.43. The molecule has 33 heavy (non-hydrogen) atoms. The van der Waals surface area contributed by atoms with E-state index in [4.69, 9.17) is 33.7 Å². The minimum Gasteiger partial charge on any atom is -0.505 e. The van der Waals surface area contributed by atoms with Gasteiger partial charge < -0.3 is 26.2 Å².